The van der Waals surface area contributed by atoms with Gasteiger partial charge in [-0.25, -0.2) is 9.97 Å². The minimum Gasteiger partial charge on any atom is -0.313 e. The van der Waals surface area contributed by atoms with Crippen LogP contribution in [0.5, 0.6) is 0 Å². The van der Waals surface area contributed by atoms with Gasteiger partial charge in [-0.05, 0) is 41.5 Å². The second-order valence-electron chi connectivity index (χ2n) is 3.72. The Morgan fingerprint density at radius 3 is 2.83 bits per heavy atom. The van der Waals surface area contributed by atoms with Crippen LogP contribution in [0.3, 0.4) is 0 Å². The largest absolute Gasteiger partial charge is 0.313 e. The molecule has 6 heteroatoms. The van der Waals surface area contributed by atoms with E-state index in [-0.39, 0.29) is 0 Å². The number of pyridine rings is 1. The van der Waals surface area contributed by atoms with Crippen LogP contribution in [0.25, 0.3) is 0 Å². The lowest BCUT2D eigenvalue weighted by Crippen LogP contribution is -2.11. The van der Waals surface area contributed by atoms with Crippen molar-refractivity contribution >= 4 is 23.3 Å². The van der Waals surface area contributed by atoms with Gasteiger partial charge < -0.3 is 5.32 Å². The Kier molecular flexibility index (Phi) is 5.10. The minimum atomic E-state index is 0.868. The molecule has 0 spiro atoms. The summed E-state index contributed by atoms with van der Waals surface area (Å²) in [5.41, 5.74) is 1.20. The summed E-state index contributed by atoms with van der Waals surface area (Å²) in [4.78, 5) is 8.84. The maximum atomic E-state index is 4.42. The van der Waals surface area contributed by atoms with E-state index in [0.29, 0.717) is 0 Å². The molecule has 0 amide bonds. The summed E-state index contributed by atoms with van der Waals surface area (Å²) >= 11 is 3.01. The fourth-order valence-corrected chi connectivity index (χ4v) is 2.95. The average Bonchev–Trinajstić information content (AvgIpc) is 2.86. The number of hydrogen-bond acceptors (Lipinski definition) is 6. The maximum Gasteiger partial charge on any atom is 0.176 e. The summed E-state index contributed by atoms with van der Waals surface area (Å²) < 4.78 is 5.22. The molecule has 0 radical (unpaired) electrons. The van der Waals surface area contributed by atoms with Gasteiger partial charge in [-0.1, -0.05) is 19.9 Å². The van der Waals surface area contributed by atoms with Crippen LogP contribution in [0, 0.1) is 0 Å². The van der Waals surface area contributed by atoms with Crippen molar-refractivity contribution in [2.24, 2.45) is 0 Å². The van der Waals surface area contributed by atoms with Crippen LogP contribution in [0.2, 0.25) is 0 Å². The second-order valence-corrected chi connectivity index (χ2v) is 5.74. The molecule has 0 atom stereocenters. The Balaban J connectivity index is 1.97. The summed E-state index contributed by atoms with van der Waals surface area (Å²) in [6.45, 7) is 6.00. The van der Waals surface area contributed by atoms with E-state index < -0.39 is 0 Å². The van der Waals surface area contributed by atoms with Crippen LogP contribution >= 0.6 is 23.3 Å². The molecule has 18 heavy (non-hydrogen) atoms. The van der Waals surface area contributed by atoms with E-state index in [4.69, 9.17) is 0 Å². The third kappa shape index (κ3) is 3.76. The van der Waals surface area contributed by atoms with Gasteiger partial charge in [-0.15, -0.1) is 0 Å². The van der Waals surface area contributed by atoms with Crippen molar-refractivity contribution in [2.45, 2.75) is 36.2 Å². The standard InChI is InChI=1S/C12H16N4S2/c1-3-10-15-12(18-16-10)17-11-6-5-9(8-14-11)7-13-4-2/h5-6,8,13H,3-4,7H2,1-2H3. The van der Waals surface area contributed by atoms with Crippen LogP contribution in [0.1, 0.15) is 25.2 Å². The predicted molar refractivity (Wildman–Crippen MR) is 75.0 cm³/mol. The van der Waals surface area contributed by atoms with Gasteiger partial charge in [0.05, 0.1) is 0 Å². The second kappa shape index (κ2) is 6.82. The highest BCUT2D eigenvalue weighted by atomic mass is 32.2. The summed E-state index contributed by atoms with van der Waals surface area (Å²) in [7, 11) is 0. The van der Waals surface area contributed by atoms with Gasteiger partial charge in [0.25, 0.3) is 0 Å². The zero-order valence-electron chi connectivity index (χ0n) is 10.5. The van der Waals surface area contributed by atoms with E-state index in [1.807, 2.05) is 12.3 Å². The fourth-order valence-electron chi connectivity index (χ4n) is 1.36. The molecule has 0 bridgehead atoms. The topological polar surface area (TPSA) is 50.7 Å². The first-order valence-corrected chi connectivity index (χ1v) is 7.57. The van der Waals surface area contributed by atoms with Gasteiger partial charge in [0.2, 0.25) is 0 Å². The van der Waals surface area contributed by atoms with E-state index in [2.05, 4.69) is 39.6 Å². The summed E-state index contributed by atoms with van der Waals surface area (Å²) in [6.07, 6.45) is 2.79. The van der Waals surface area contributed by atoms with Crippen molar-refractivity contribution < 1.29 is 0 Å². The highest BCUT2D eigenvalue weighted by Gasteiger charge is 2.05. The van der Waals surface area contributed by atoms with Gasteiger partial charge in [-0.3, -0.25) is 0 Å². The lowest BCUT2D eigenvalue weighted by Gasteiger charge is -2.02. The van der Waals surface area contributed by atoms with Crippen molar-refractivity contribution in [3.05, 3.63) is 29.7 Å². The SMILES string of the molecule is CCNCc1ccc(Sc2nc(CC)ns2)nc1. The van der Waals surface area contributed by atoms with Gasteiger partial charge in [-0.2, -0.15) is 4.37 Å². The van der Waals surface area contributed by atoms with Gasteiger partial charge in [0, 0.05) is 19.2 Å². The Hall–Kier alpha value is -0.980. The molecular weight excluding hydrogens is 264 g/mol. The smallest absolute Gasteiger partial charge is 0.176 e. The third-order valence-electron chi connectivity index (χ3n) is 2.33. The lowest BCUT2D eigenvalue weighted by molar-refractivity contribution is 0.723. The van der Waals surface area contributed by atoms with Gasteiger partial charge in [0.1, 0.15) is 10.9 Å². The summed E-state index contributed by atoms with van der Waals surface area (Å²) in [6, 6.07) is 4.13. The van der Waals surface area contributed by atoms with Crippen LogP contribution in [0.4, 0.5) is 0 Å². The molecule has 0 aliphatic heterocycles. The Morgan fingerprint density at radius 1 is 1.33 bits per heavy atom. The Labute approximate surface area is 115 Å². The van der Waals surface area contributed by atoms with Crippen molar-refractivity contribution in [1.82, 2.24) is 19.7 Å². The Bertz CT molecular complexity index is 481. The Morgan fingerprint density at radius 2 is 2.22 bits per heavy atom. The normalized spacial score (nSPS) is 10.8. The molecule has 0 unspecified atom stereocenters. The molecule has 0 fully saturated rings. The van der Waals surface area contributed by atoms with E-state index in [0.717, 1.165) is 34.7 Å². The first kappa shape index (κ1) is 13.5. The van der Waals surface area contributed by atoms with E-state index in [1.54, 1.807) is 11.8 Å². The number of nitrogens with zero attached hydrogens (tertiary/aromatic N) is 3. The number of rotatable bonds is 6. The fraction of sp³-hybridized carbons (Fsp3) is 0.417. The lowest BCUT2D eigenvalue weighted by atomic mass is 10.3. The number of hydrogen-bond donors (Lipinski definition) is 1. The van der Waals surface area contributed by atoms with E-state index in [1.165, 1.54) is 17.1 Å². The van der Waals surface area contributed by atoms with Gasteiger partial charge >= 0.3 is 0 Å². The maximum absolute atomic E-state index is 4.42. The van der Waals surface area contributed by atoms with Crippen LogP contribution in [0.15, 0.2) is 27.7 Å². The zero-order valence-corrected chi connectivity index (χ0v) is 12.1. The van der Waals surface area contributed by atoms with E-state index >= 15 is 0 Å². The minimum absolute atomic E-state index is 0.868. The van der Waals surface area contributed by atoms with Crippen LogP contribution < -0.4 is 5.32 Å². The molecule has 4 nitrogen and oxygen atoms in total. The first-order valence-electron chi connectivity index (χ1n) is 5.98. The van der Waals surface area contributed by atoms with Crippen LogP contribution in [-0.4, -0.2) is 20.9 Å². The third-order valence-corrected chi connectivity index (χ3v) is 4.07. The van der Waals surface area contributed by atoms with Crippen molar-refractivity contribution in [3.63, 3.8) is 0 Å². The quantitative estimate of drug-likeness (QED) is 0.881. The molecule has 0 saturated heterocycles. The van der Waals surface area contributed by atoms with Crippen molar-refractivity contribution in [3.8, 4) is 0 Å². The molecule has 2 aromatic rings. The molecule has 2 aromatic heterocycles. The molecule has 2 rings (SSSR count). The summed E-state index contributed by atoms with van der Waals surface area (Å²) in [5.74, 6) is 0.909. The highest BCUT2D eigenvalue weighted by Crippen LogP contribution is 2.27. The van der Waals surface area contributed by atoms with E-state index in [9.17, 15) is 0 Å². The molecule has 0 aliphatic carbocycles. The first-order chi connectivity index (χ1) is 8.81. The molecular formula is C12H16N4S2. The van der Waals surface area contributed by atoms with Crippen molar-refractivity contribution in [2.75, 3.05) is 6.54 Å². The molecule has 0 aliphatic rings. The van der Waals surface area contributed by atoms with Crippen molar-refractivity contribution in [1.29, 1.82) is 0 Å². The number of nitrogens with one attached hydrogen (secondary N) is 1. The highest BCUT2D eigenvalue weighted by molar-refractivity contribution is 8.00. The summed E-state index contributed by atoms with van der Waals surface area (Å²) in [5, 5.41) is 4.24. The number of aromatic nitrogens is 3. The molecule has 96 valence electrons. The molecule has 0 aromatic carbocycles. The zero-order chi connectivity index (χ0) is 12.8. The monoisotopic (exact) mass is 280 g/mol. The molecule has 2 heterocycles. The van der Waals surface area contributed by atoms with Gasteiger partial charge in [0.15, 0.2) is 4.34 Å². The predicted octanol–water partition coefficient (Wildman–Crippen LogP) is 2.76. The van der Waals surface area contributed by atoms with Crippen LogP contribution in [-0.2, 0) is 13.0 Å². The molecule has 0 saturated carbocycles. The molecule has 1 N–H and O–H groups in total. The average molecular weight is 280 g/mol. The number of aryl methyl sites for hydroxylation is 1.